The van der Waals surface area contributed by atoms with Gasteiger partial charge in [-0.3, -0.25) is 9.36 Å². The Kier molecular flexibility index (Phi) is 5.73. The summed E-state index contributed by atoms with van der Waals surface area (Å²) < 4.78 is 7.01. The molecule has 1 aliphatic rings. The van der Waals surface area contributed by atoms with Crippen molar-refractivity contribution < 1.29 is 9.53 Å². The molecule has 1 aliphatic heterocycles. The van der Waals surface area contributed by atoms with Crippen molar-refractivity contribution in [1.82, 2.24) is 14.5 Å². The van der Waals surface area contributed by atoms with Crippen LogP contribution in [0.1, 0.15) is 43.4 Å². The summed E-state index contributed by atoms with van der Waals surface area (Å²) >= 11 is 12.5. The van der Waals surface area contributed by atoms with Crippen molar-refractivity contribution in [2.24, 2.45) is 0 Å². The molecule has 2 heterocycles. The largest absolute Gasteiger partial charge is 0.444 e. The molecule has 0 N–H and O–H groups in total. The number of hydrogen-bond donors (Lipinski definition) is 0. The summed E-state index contributed by atoms with van der Waals surface area (Å²) in [5.74, 6) is 0.547. The third kappa shape index (κ3) is 4.33. The Balaban J connectivity index is 1.90. The predicted octanol–water partition coefficient (Wildman–Crippen LogP) is 4.20. The lowest BCUT2D eigenvalue weighted by molar-refractivity contribution is 0.0220. The van der Waals surface area contributed by atoms with E-state index in [1.54, 1.807) is 34.6 Å². The number of aromatic nitrogens is 2. The minimum atomic E-state index is -0.571. The van der Waals surface area contributed by atoms with Crippen LogP contribution >= 0.6 is 23.2 Å². The first-order valence-corrected chi connectivity index (χ1v) is 9.82. The van der Waals surface area contributed by atoms with Crippen molar-refractivity contribution in [3.63, 3.8) is 0 Å². The standard InChI is InChI=1S/C20H23Cl2N3O3/c1-12-23-17-11-24(19(27)28-20(2,3)4)9-8-13(17)18(26)25(12)10-14-15(21)6-5-7-16(14)22/h5-7H,8-11H2,1-4H3. The number of nitrogens with zero attached hydrogens (tertiary/aromatic N) is 3. The lowest BCUT2D eigenvalue weighted by Crippen LogP contribution is -2.43. The van der Waals surface area contributed by atoms with E-state index in [9.17, 15) is 9.59 Å². The highest BCUT2D eigenvalue weighted by Crippen LogP contribution is 2.25. The molecule has 0 saturated heterocycles. The van der Waals surface area contributed by atoms with Gasteiger partial charge in [0.1, 0.15) is 11.4 Å². The summed E-state index contributed by atoms with van der Waals surface area (Å²) in [4.78, 5) is 31.6. The number of benzene rings is 1. The summed E-state index contributed by atoms with van der Waals surface area (Å²) in [6.07, 6.45) is 0.0290. The van der Waals surface area contributed by atoms with E-state index < -0.39 is 11.7 Å². The van der Waals surface area contributed by atoms with Gasteiger partial charge in [0.25, 0.3) is 5.56 Å². The van der Waals surface area contributed by atoms with Crippen molar-refractivity contribution in [2.75, 3.05) is 6.54 Å². The van der Waals surface area contributed by atoms with Gasteiger partial charge in [-0.2, -0.15) is 0 Å². The van der Waals surface area contributed by atoms with Crippen LogP contribution in [0.25, 0.3) is 0 Å². The van der Waals surface area contributed by atoms with E-state index in [1.165, 1.54) is 0 Å². The fraction of sp³-hybridized carbons (Fsp3) is 0.450. The van der Waals surface area contributed by atoms with Crippen LogP contribution in [0.4, 0.5) is 4.79 Å². The smallest absolute Gasteiger partial charge is 0.410 e. The van der Waals surface area contributed by atoms with Crippen LogP contribution in [-0.4, -0.2) is 32.7 Å². The maximum Gasteiger partial charge on any atom is 0.410 e. The van der Waals surface area contributed by atoms with E-state index in [-0.39, 0.29) is 18.6 Å². The molecule has 0 unspecified atom stereocenters. The first-order chi connectivity index (χ1) is 13.1. The Morgan fingerprint density at radius 1 is 1.25 bits per heavy atom. The highest BCUT2D eigenvalue weighted by Gasteiger charge is 2.28. The van der Waals surface area contributed by atoms with Crippen molar-refractivity contribution in [1.29, 1.82) is 0 Å². The van der Waals surface area contributed by atoms with E-state index in [2.05, 4.69) is 4.98 Å². The monoisotopic (exact) mass is 423 g/mol. The molecule has 0 saturated carbocycles. The number of aryl methyl sites for hydroxylation is 1. The van der Waals surface area contributed by atoms with Crippen molar-refractivity contribution in [3.05, 3.63) is 61.2 Å². The van der Waals surface area contributed by atoms with Gasteiger partial charge in [-0.05, 0) is 46.2 Å². The van der Waals surface area contributed by atoms with Gasteiger partial charge in [0.05, 0.1) is 18.8 Å². The molecule has 0 aliphatic carbocycles. The van der Waals surface area contributed by atoms with Crippen LogP contribution in [-0.2, 0) is 24.2 Å². The summed E-state index contributed by atoms with van der Waals surface area (Å²) in [5.41, 5.74) is 1.22. The number of halogens is 2. The van der Waals surface area contributed by atoms with Crippen LogP contribution in [0.5, 0.6) is 0 Å². The van der Waals surface area contributed by atoms with Gasteiger partial charge in [-0.1, -0.05) is 29.3 Å². The first-order valence-electron chi connectivity index (χ1n) is 9.07. The minimum Gasteiger partial charge on any atom is -0.444 e. The summed E-state index contributed by atoms with van der Waals surface area (Å²) in [6.45, 7) is 8.15. The van der Waals surface area contributed by atoms with Crippen LogP contribution in [0.15, 0.2) is 23.0 Å². The topological polar surface area (TPSA) is 64.4 Å². The van der Waals surface area contributed by atoms with Gasteiger partial charge in [-0.25, -0.2) is 9.78 Å². The molecule has 2 aromatic rings. The minimum absolute atomic E-state index is 0.123. The molecule has 0 spiro atoms. The van der Waals surface area contributed by atoms with Crippen molar-refractivity contribution >= 4 is 29.3 Å². The van der Waals surface area contributed by atoms with Crippen molar-refractivity contribution in [3.8, 4) is 0 Å². The van der Waals surface area contributed by atoms with Gasteiger partial charge < -0.3 is 9.64 Å². The van der Waals surface area contributed by atoms with E-state index >= 15 is 0 Å². The molecule has 1 aromatic heterocycles. The zero-order valence-corrected chi connectivity index (χ0v) is 17.9. The number of amides is 1. The molecule has 0 bridgehead atoms. The highest BCUT2D eigenvalue weighted by atomic mass is 35.5. The maximum absolute atomic E-state index is 13.1. The molecule has 1 amide bonds. The lowest BCUT2D eigenvalue weighted by Gasteiger charge is -2.31. The average Bonchev–Trinajstić information content (AvgIpc) is 2.58. The third-order valence-corrected chi connectivity index (χ3v) is 5.25. The SMILES string of the molecule is Cc1nc2c(c(=O)n1Cc1c(Cl)cccc1Cl)CCN(C(=O)OC(C)(C)C)C2. The second-order valence-electron chi connectivity index (χ2n) is 7.83. The van der Waals surface area contributed by atoms with Crippen LogP contribution in [0.3, 0.4) is 0 Å². The van der Waals surface area contributed by atoms with Gasteiger partial charge in [0.2, 0.25) is 0 Å². The van der Waals surface area contributed by atoms with E-state index in [0.29, 0.717) is 45.7 Å². The number of carbonyl (C=O) groups is 1. The van der Waals surface area contributed by atoms with Gasteiger partial charge in [0, 0.05) is 27.7 Å². The molecule has 6 nitrogen and oxygen atoms in total. The average molecular weight is 424 g/mol. The second-order valence-corrected chi connectivity index (χ2v) is 8.64. The molecular weight excluding hydrogens is 401 g/mol. The number of carbonyl (C=O) groups excluding carboxylic acids is 1. The number of rotatable bonds is 2. The molecule has 0 radical (unpaired) electrons. The quantitative estimate of drug-likeness (QED) is 0.725. The van der Waals surface area contributed by atoms with Gasteiger partial charge >= 0.3 is 6.09 Å². The predicted molar refractivity (Wildman–Crippen MR) is 109 cm³/mol. The normalized spacial score (nSPS) is 14.0. The molecule has 150 valence electrons. The fourth-order valence-corrected chi connectivity index (χ4v) is 3.67. The first kappa shape index (κ1) is 20.7. The fourth-order valence-electron chi connectivity index (χ4n) is 3.16. The second kappa shape index (κ2) is 7.76. The van der Waals surface area contributed by atoms with Crippen LogP contribution in [0.2, 0.25) is 10.0 Å². The molecule has 8 heteroatoms. The Morgan fingerprint density at radius 2 is 1.89 bits per heavy atom. The Labute approximate surface area is 174 Å². The Bertz CT molecular complexity index is 960. The number of fused-ring (bicyclic) bond motifs is 1. The van der Waals surface area contributed by atoms with Gasteiger partial charge in [0.15, 0.2) is 0 Å². The summed E-state index contributed by atoms with van der Waals surface area (Å²) in [5, 5.41) is 1.01. The van der Waals surface area contributed by atoms with Gasteiger partial charge in [-0.15, -0.1) is 0 Å². The number of hydrogen-bond acceptors (Lipinski definition) is 4. The maximum atomic E-state index is 13.1. The van der Waals surface area contributed by atoms with Crippen molar-refractivity contribution in [2.45, 2.75) is 52.8 Å². The number of ether oxygens (including phenoxy) is 1. The Morgan fingerprint density at radius 3 is 2.50 bits per heavy atom. The molecule has 1 aromatic carbocycles. The molecule has 28 heavy (non-hydrogen) atoms. The van der Waals surface area contributed by atoms with E-state index in [0.717, 1.165) is 0 Å². The molecule has 3 rings (SSSR count). The van der Waals surface area contributed by atoms with E-state index in [1.807, 2.05) is 20.8 Å². The zero-order valence-electron chi connectivity index (χ0n) is 16.4. The zero-order chi connectivity index (χ0) is 20.6. The molecule has 0 fully saturated rings. The molecule has 0 atom stereocenters. The lowest BCUT2D eigenvalue weighted by atomic mass is 10.1. The van der Waals surface area contributed by atoms with Crippen LogP contribution in [0, 0.1) is 6.92 Å². The highest BCUT2D eigenvalue weighted by molar-refractivity contribution is 6.35. The molecular formula is C20H23Cl2N3O3. The Hall–Kier alpha value is -2.05. The van der Waals surface area contributed by atoms with E-state index in [4.69, 9.17) is 27.9 Å². The third-order valence-electron chi connectivity index (χ3n) is 4.54. The summed E-state index contributed by atoms with van der Waals surface area (Å²) in [7, 11) is 0. The van der Waals surface area contributed by atoms with Crippen LogP contribution < -0.4 is 5.56 Å². The summed E-state index contributed by atoms with van der Waals surface area (Å²) in [6, 6.07) is 5.25.